The average molecular weight is 476 g/mol. The first-order valence-electron chi connectivity index (χ1n) is 11.7. The van der Waals surface area contributed by atoms with Gasteiger partial charge in [-0.2, -0.15) is 0 Å². The first-order chi connectivity index (χ1) is 16.7. The third-order valence-corrected chi connectivity index (χ3v) is 5.97. The molecular weight excluding hydrogens is 445 g/mol. The predicted octanol–water partition coefficient (Wildman–Crippen LogP) is 5.87. The van der Waals surface area contributed by atoms with Crippen molar-refractivity contribution in [1.82, 2.24) is 4.90 Å². The number of likely N-dealkylation sites (tertiary alicyclic amines) is 1. The molecule has 1 aliphatic rings. The van der Waals surface area contributed by atoms with Crippen molar-refractivity contribution in [2.24, 2.45) is 0 Å². The number of alkyl halides is 1. The fourth-order valence-corrected chi connectivity index (χ4v) is 4.46. The van der Waals surface area contributed by atoms with Gasteiger partial charge in [0.2, 0.25) is 0 Å². The predicted molar refractivity (Wildman–Crippen MR) is 132 cm³/mol. The van der Waals surface area contributed by atoms with E-state index in [1.165, 1.54) is 0 Å². The van der Waals surface area contributed by atoms with E-state index in [0.717, 1.165) is 21.6 Å². The van der Waals surface area contributed by atoms with E-state index < -0.39 is 35.4 Å². The zero-order valence-electron chi connectivity index (χ0n) is 20.2. The Labute approximate surface area is 205 Å². The smallest absolute Gasteiger partial charge is 0.417 e. The van der Waals surface area contributed by atoms with Crippen LogP contribution in [0.1, 0.15) is 43.9 Å². The molecule has 0 saturated carbocycles. The van der Waals surface area contributed by atoms with Gasteiger partial charge in [0.05, 0.1) is 12.6 Å². The minimum absolute atomic E-state index is 0.0654. The maximum atomic E-state index is 14.5. The zero-order valence-corrected chi connectivity index (χ0v) is 20.2. The Bertz CT molecular complexity index is 1050. The Morgan fingerprint density at radius 2 is 1.29 bits per heavy atom. The zero-order chi connectivity index (χ0) is 25.1. The van der Waals surface area contributed by atoms with E-state index in [0.29, 0.717) is 0 Å². The highest BCUT2D eigenvalue weighted by molar-refractivity contribution is 5.96. The van der Waals surface area contributed by atoms with E-state index in [4.69, 9.17) is 9.47 Å². The Kier molecular flexibility index (Phi) is 7.03. The van der Waals surface area contributed by atoms with Crippen molar-refractivity contribution < 1.29 is 23.5 Å². The summed E-state index contributed by atoms with van der Waals surface area (Å²) in [6.07, 6.45) is -2.79. The summed E-state index contributed by atoms with van der Waals surface area (Å²) in [7, 11) is 0. The Morgan fingerprint density at radius 3 is 1.69 bits per heavy atom. The van der Waals surface area contributed by atoms with Gasteiger partial charge in [-0.3, -0.25) is 4.79 Å². The van der Waals surface area contributed by atoms with Crippen LogP contribution in [-0.2, 0) is 19.9 Å². The highest BCUT2D eigenvalue weighted by Gasteiger charge is 2.47. The molecule has 1 aliphatic heterocycles. The first-order valence-corrected chi connectivity index (χ1v) is 11.7. The maximum absolute atomic E-state index is 14.5. The highest BCUT2D eigenvalue weighted by atomic mass is 19.1. The van der Waals surface area contributed by atoms with Crippen LogP contribution in [0.3, 0.4) is 0 Å². The van der Waals surface area contributed by atoms with Gasteiger partial charge in [-0.1, -0.05) is 91.0 Å². The molecule has 3 aromatic carbocycles. The SMILES string of the molecule is CC(C)(C)OC(=O)N1C(=O)[C@@H](F)C[C@H]1COC(c1ccccc1)(c1ccccc1)c1ccccc1. The van der Waals surface area contributed by atoms with E-state index in [-0.39, 0.29) is 13.0 Å². The molecule has 182 valence electrons. The Morgan fingerprint density at radius 1 is 0.857 bits per heavy atom. The van der Waals surface area contributed by atoms with E-state index in [9.17, 15) is 14.0 Å². The van der Waals surface area contributed by atoms with Crippen molar-refractivity contribution in [2.45, 2.75) is 50.6 Å². The van der Waals surface area contributed by atoms with E-state index >= 15 is 0 Å². The molecule has 0 radical (unpaired) electrons. The van der Waals surface area contributed by atoms with Gasteiger partial charge in [-0.05, 0) is 37.5 Å². The van der Waals surface area contributed by atoms with Gasteiger partial charge >= 0.3 is 6.09 Å². The van der Waals surface area contributed by atoms with Gasteiger partial charge < -0.3 is 9.47 Å². The summed E-state index contributed by atoms with van der Waals surface area (Å²) >= 11 is 0. The van der Waals surface area contributed by atoms with Gasteiger partial charge in [0.15, 0.2) is 6.17 Å². The number of carbonyl (C=O) groups is 2. The molecule has 1 heterocycles. The number of amides is 2. The van der Waals surface area contributed by atoms with Crippen LogP contribution in [0.2, 0.25) is 0 Å². The second-order valence-electron chi connectivity index (χ2n) is 9.64. The molecule has 0 unspecified atom stereocenters. The van der Waals surface area contributed by atoms with E-state index in [1.807, 2.05) is 91.0 Å². The summed E-state index contributed by atoms with van der Waals surface area (Å²) in [6, 6.07) is 28.4. The molecule has 0 aromatic heterocycles. The topological polar surface area (TPSA) is 55.8 Å². The Hall–Kier alpha value is -3.51. The molecule has 3 aromatic rings. The van der Waals surface area contributed by atoms with E-state index in [1.54, 1.807) is 20.8 Å². The van der Waals surface area contributed by atoms with Gasteiger partial charge in [0.1, 0.15) is 11.2 Å². The molecule has 1 saturated heterocycles. The molecule has 6 heteroatoms. The van der Waals surface area contributed by atoms with Crippen LogP contribution in [0, 0.1) is 0 Å². The van der Waals surface area contributed by atoms with E-state index in [2.05, 4.69) is 0 Å². The monoisotopic (exact) mass is 475 g/mol. The number of hydrogen-bond acceptors (Lipinski definition) is 4. The molecule has 5 nitrogen and oxygen atoms in total. The molecule has 1 fully saturated rings. The number of carbonyl (C=O) groups excluding carboxylic acids is 2. The largest absolute Gasteiger partial charge is 0.443 e. The number of imide groups is 1. The highest BCUT2D eigenvalue weighted by Crippen LogP contribution is 2.41. The lowest BCUT2D eigenvalue weighted by Gasteiger charge is -2.37. The van der Waals surface area contributed by atoms with Crippen molar-refractivity contribution in [2.75, 3.05) is 6.61 Å². The summed E-state index contributed by atoms with van der Waals surface area (Å²) in [5, 5.41) is 0. The van der Waals surface area contributed by atoms with Crippen molar-refractivity contribution in [1.29, 1.82) is 0 Å². The number of nitrogens with zero attached hydrogens (tertiary/aromatic N) is 1. The third-order valence-electron chi connectivity index (χ3n) is 5.97. The molecule has 2 amide bonds. The lowest BCUT2D eigenvalue weighted by atomic mass is 9.80. The maximum Gasteiger partial charge on any atom is 0.417 e. The van der Waals surface area contributed by atoms with Gasteiger partial charge in [0.25, 0.3) is 5.91 Å². The second kappa shape index (κ2) is 10.0. The van der Waals surface area contributed by atoms with Crippen LogP contribution in [0.25, 0.3) is 0 Å². The molecule has 2 atom stereocenters. The second-order valence-corrected chi connectivity index (χ2v) is 9.64. The van der Waals surface area contributed by atoms with Crippen LogP contribution in [0.15, 0.2) is 91.0 Å². The van der Waals surface area contributed by atoms with Crippen molar-refractivity contribution in [3.63, 3.8) is 0 Å². The normalized spacial score (nSPS) is 18.5. The number of benzene rings is 3. The molecule has 35 heavy (non-hydrogen) atoms. The summed E-state index contributed by atoms with van der Waals surface area (Å²) in [4.78, 5) is 26.3. The van der Waals surface area contributed by atoms with Gasteiger partial charge in [0, 0.05) is 6.42 Å². The number of rotatable bonds is 6. The minimum atomic E-state index is -1.78. The van der Waals surface area contributed by atoms with Crippen LogP contribution in [0.5, 0.6) is 0 Å². The summed E-state index contributed by atoms with van der Waals surface area (Å²) in [6.45, 7) is 5.05. The van der Waals surface area contributed by atoms with Crippen LogP contribution in [-0.4, -0.2) is 41.3 Å². The minimum Gasteiger partial charge on any atom is -0.443 e. The summed E-state index contributed by atoms with van der Waals surface area (Å²) in [5.74, 6) is -0.891. The number of ether oxygens (including phenoxy) is 2. The summed E-state index contributed by atoms with van der Waals surface area (Å²) < 4.78 is 26.7. The fourth-order valence-electron chi connectivity index (χ4n) is 4.46. The molecule has 0 aliphatic carbocycles. The number of halogens is 1. The van der Waals surface area contributed by atoms with Gasteiger partial charge in [-0.15, -0.1) is 0 Å². The molecular formula is C29H30FNO4. The Balaban J connectivity index is 1.76. The lowest BCUT2D eigenvalue weighted by molar-refractivity contribution is -0.133. The lowest BCUT2D eigenvalue weighted by Crippen LogP contribution is -2.46. The van der Waals surface area contributed by atoms with Crippen molar-refractivity contribution in [3.8, 4) is 0 Å². The first kappa shape index (κ1) is 24.6. The molecule has 0 bridgehead atoms. The quantitative estimate of drug-likeness (QED) is 0.419. The molecule has 0 N–H and O–H groups in total. The van der Waals surface area contributed by atoms with Crippen molar-refractivity contribution in [3.05, 3.63) is 108 Å². The van der Waals surface area contributed by atoms with Crippen LogP contribution < -0.4 is 0 Å². The third kappa shape index (κ3) is 5.13. The molecule has 0 spiro atoms. The van der Waals surface area contributed by atoms with Crippen LogP contribution in [0.4, 0.5) is 9.18 Å². The average Bonchev–Trinajstić information content (AvgIpc) is 3.14. The number of hydrogen-bond donors (Lipinski definition) is 0. The summed E-state index contributed by atoms with van der Waals surface area (Å²) in [5.41, 5.74) is 0.770. The van der Waals surface area contributed by atoms with Gasteiger partial charge in [-0.25, -0.2) is 14.1 Å². The fraction of sp³-hybridized carbons (Fsp3) is 0.310. The van der Waals surface area contributed by atoms with Crippen molar-refractivity contribution >= 4 is 12.0 Å². The standard InChI is InChI=1S/C29H30FNO4/c1-28(2,3)35-27(33)31-24(19-25(30)26(31)32)20-34-29(21-13-7-4-8-14-21,22-15-9-5-10-16-22)23-17-11-6-12-18-23/h4-18,24-25H,19-20H2,1-3H3/t24-,25-/m0/s1. The molecule has 4 rings (SSSR count). The van der Waals surface area contributed by atoms with Crippen LogP contribution >= 0.6 is 0 Å².